The second-order valence-electron chi connectivity index (χ2n) is 9.97. The van der Waals surface area contributed by atoms with E-state index in [-0.39, 0.29) is 11.9 Å². The number of rotatable bonds is 9. The Morgan fingerprint density at radius 2 is 1.76 bits per heavy atom. The van der Waals surface area contributed by atoms with Crippen LogP contribution < -0.4 is 15.7 Å². The Morgan fingerprint density at radius 1 is 1.08 bits per heavy atom. The lowest BCUT2D eigenvalue weighted by molar-refractivity contribution is -0.137. The number of benzene rings is 1. The number of aryl methyl sites for hydroxylation is 1. The largest absolute Gasteiger partial charge is 0.416 e. The summed E-state index contributed by atoms with van der Waals surface area (Å²) >= 11 is 0. The quantitative estimate of drug-likeness (QED) is 0.463. The van der Waals surface area contributed by atoms with Gasteiger partial charge < -0.3 is 15.1 Å². The molecule has 208 valence electrons. The summed E-state index contributed by atoms with van der Waals surface area (Å²) in [4.78, 5) is 28.5. The van der Waals surface area contributed by atoms with E-state index in [9.17, 15) is 18.0 Å². The van der Waals surface area contributed by atoms with E-state index >= 15 is 0 Å². The molecule has 0 spiro atoms. The Hall–Kier alpha value is -3.05. The summed E-state index contributed by atoms with van der Waals surface area (Å²) in [7, 11) is 1.57. The van der Waals surface area contributed by atoms with Crippen LogP contribution in [0.3, 0.4) is 0 Å². The number of hydrogen-bond donors (Lipinski definition) is 2. The molecular formula is C27H37F3N6O2. The third-order valence-electron chi connectivity index (χ3n) is 7.32. The number of anilines is 3. The van der Waals surface area contributed by atoms with Crippen LogP contribution in [-0.4, -0.2) is 79.7 Å². The number of carbonyl (C=O) groups excluding carboxylic acids is 1. The summed E-state index contributed by atoms with van der Waals surface area (Å²) in [5, 5.41) is 3.48. The SMILES string of the molecule is CONc1cnc(NC2CCN(C(=O)CCCN3CCN(c4ccc(C(F)(F)F)cc4)CC3)CC2)cc1C. The Morgan fingerprint density at radius 3 is 2.37 bits per heavy atom. The average Bonchev–Trinajstić information content (AvgIpc) is 2.91. The number of likely N-dealkylation sites (tertiary alicyclic amines) is 1. The van der Waals surface area contributed by atoms with Crippen LogP contribution in [0.25, 0.3) is 0 Å². The van der Waals surface area contributed by atoms with Gasteiger partial charge in [0, 0.05) is 57.4 Å². The normalized spacial score (nSPS) is 17.5. The van der Waals surface area contributed by atoms with Gasteiger partial charge in [-0.15, -0.1) is 0 Å². The van der Waals surface area contributed by atoms with Crippen LogP contribution >= 0.6 is 0 Å². The van der Waals surface area contributed by atoms with Gasteiger partial charge in [0.05, 0.1) is 24.6 Å². The van der Waals surface area contributed by atoms with Crippen LogP contribution in [0.4, 0.5) is 30.4 Å². The number of alkyl halides is 3. The number of hydrogen-bond acceptors (Lipinski definition) is 7. The average molecular weight is 535 g/mol. The van der Waals surface area contributed by atoms with Crippen LogP contribution in [0.2, 0.25) is 0 Å². The maximum absolute atomic E-state index is 12.8. The molecule has 0 aliphatic carbocycles. The van der Waals surface area contributed by atoms with E-state index in [1.54, 1.807) is 25.4 Å². The van der Waals surface area contributed by atoms with E-state index in [2.05, 4.69) is 25.6 Å². The lowest BCUT2D eigenvalue weighted by Crippen LogP contribution is -2.47. The van der Waals surface area contributed by atoms with Crippen molar-refractivity contribution in [1.82, 2.24) is 14.8 Å². The molecule has 1 aromatic heterocycles. The highest BCUT2D eigenvalue weighted by Gasteiger charge is 2.30. The number of amides is 1. The first-order chi connectivity index (χ1) is 18.2. The van der Waals surface area contributed by atoms with Crippen LogP contribution in [-0.2, 0) is 15.8 Å². The fourth-order valence-electron chi connectivity index (χ4n) is 5.04. The summed E-state index contributed by atoms with van der Waals surface area (Å²) < 4.78 is 38.4. The lowest BCUT2D eigenvalue weighted by Gasteiger charge is -2.36. The first kappa shape index (κ1) is 28.0. The lowest BCUT2D eigenvalue weighted by atomic mass is 10.0. The minimum atomic E-state index is -4.31. The van der Waals surface area contributed by atoms with Crippen molar-refractivity contribution >= 4 is 23.1 Å². The number of piperazine rings is 1. The van der Waals surface area contributed by atoms with E-state index in [0.29, 0.717) is 6.42 Å². The molecule has 4 rings (SSSR count). The molecule has 0 unspecified atom stereocenters. The Labute approximate surface area is 222 Å². The molecule has 2 saturated heterocycles. The van der Waals surface area contributed by atoms with Crippen LogP contribution in [0.1, 0.15) is 36.8 Å². The van der Waals surface area contributed by atoms with Gasteiger partial charge in [0.2, 0.25) is 5.91 Å². The minimum absolute atomic E-state index is 0.204. The molecule has 0 bridgehead atoms. The van der Waals surface area contributed by atoms with Crippen LogP contribution in [0.5, 0.6) is 0 Å². The molecule has 2 fully saturated rings. The van der Waals surface area contributed by atoms with Gasteiger partial charge in [0.15, 0.2) is 0 Å². The molecule has 0 saturated carbocycles. The van der Waals surface area contributed by atoms with E-state index in [4.69, 9.17) is 4.84 Å². The summed E-state index contributed by atoms with van der Waals surface area (Å²) in [5.41, 5.74) is 4.87. The topological polar surface area (TPSA) is 73.0 Å². The molecule has 38 heavy (non-hydrogen) atoms. The standard InChI is InChI=1S/C27H37F3N6O2/c1-20-18-25(31-19-24(20)33-38-2)32-22-9-12-36(13-10-22)26(37)4-3-11-34-14-16-35(17-15-34)23-7-5-21(6-8-23)27(28,29)30/h5-8,18-19,22,33H,3-4,9-17H2,1-2H3,(H,31,32). The maximum Gasteiger partial charge on any atom is 0.416 e. The molecule has 11 heteroatoms. The third kappa shape index (κ3) is 7.50. The summed E-state index contributed by atoms with van der Waals surface area (Å²) in [6.07, 6.45) is 0.545. The Kier molecular flexibility index (Phi) is 9.32. The number of aromatic nitrogens is 1. The highest BCUT2D eigenvalue weighted by molar-refractivity contribution is 5.76. The summed E-state index contributed by atoms with van der Waals surface area (Å²) in [6, 6.07) is 7.65. The first-order valence-electron chi connectivity index (χ1n) is 13.2. The van der Waals surface area contributed by atoms with Gasteiger partial charge in [-0.1, -0.05) is 0 Å². The maximum atomic E-state index is 12.8. The second-order valence-corrected chi connectivity index (χ2v) is 9.97. The van der Waals surface area contributed by atoms with E-state index in [1.165, 1.54) is 0 Å². The molecule has 2 aliphatic rings. The fourth-order valence-corrected chi connectivity index (χ4v) is 5.04. The number of nitrogens with zero attached hydrogens (tertiary/aromatic N) is 4. The van der Waals surface area contributed by atoms with Gasteiger partial charge in [0.25, 0.3) is 0 Å². The number of pyridine rings is 1. The van der Waals surface area contributed by atoms with Crippen molar-refractivity contribution in [2.24, 2.45) is 0 Å². The second kappa shape index (κ2) is 12.7. The van der Waals surface area contributed by atoms with Gasteiger partial charge in [-0.25, -0.2) is 4.98 Å². The van der Waals surface area contributed by atoms with Crippen LogP contribution in [0, 0.1) is 6.92 Å². The predicted octanol–water partition coefficient (Wildman–Crippen LogP) is 4.39. The molecule has 1 amide bonds. The molecule has 0 atom stereocenters. The van der Waals surface area contributed by atoms with Crippen molar-refractivity contribution in [1.29, 1.82) is 0 Å². The Balaban J connectivity index is 1.12. The number of piperidine rings is 1. The monoisotopic (exact) mass is 534 g/mol. The van der Waals surface area contributed by atoms with Gasteiger partial charge >= 0.3 is 6.18 Å². The van der Waals surface area contributed by atoms with Crippen molar-refractivity contribution in [3.05, 3.63) is 47.7 Å². The van der Waals surface area contributed by atoms with Crippen LogP contribution in [0.15, 0.2) is 36.5 Å². The molecule has 0 radical (unpaired) electrons. The molecular weight excluding hydrogens is 497 g/mol. The molecule has 2 aromatic rings. The molecule has 2 aliphatic heterocycles. The van der Waals surface area contributed by atoms with E-state index < -0.39 is 11.7 Å². The van der Waals surface area contributed by atoms with Gasteiger partial charge in [0.1, 0.15) is 5.82 Å². The van der Waals surface area contributed by atoms with Crippen molar-refractivity contribution in [2.45, 2.75) is 44.8 Å². The number of nitrogens with one attached hydrogen (secondary N) is 2. The third-order valence-corrected chi connectivity index (χ3v) is 7.32. The summed E-state index contributed by atoms with van der Waals surface area (Å²) in [5.74, 6) is 1.03. The zero-order chi connectivity index (χ0) is 27.1. The zero-order valence-corrected chi connectivity index (χ0v) is 22.1. The molecule has 2 N–H and O–H groups in total. The zero-order valence-electron chi connectivity index (χ0n) is 22.1. The smallest absolute Gasteiger partial charge is 0.369 e. The molecule has 1 aromatic carbocycles. The molecule has 3 heterocycles. The van der Waals surface area contributed by atoms with E-state index in [0.717, 1.165) is 100.0 Å². The first-order valence-corrected chi connectivity index (χ1v) is 13.2. The number of carbonyl (C=O) groups is 1. The van der Waals surface area contributed by atoms with Crippen molar-refractivity contribution in [2.75, 3.05) is 68.6 Å². The van der Waals surface area contributed by atoms with Gasteiger partial charge in [-0.2, -0.15) is 13.2 Å². The minimum Gasteiger partial charge on any atom is -0.369 e. The molecule has 8 nitrogen and oxygen atoms in total. The highest BCUT2D eigenvalue weighted by atomic mass is 19.4. The Bertz CT molecular complexity index is 1050. The van der Waals surface area contributed by atoms with Crippen molar-refractivity contribution in [3.63, 3.8) is 0 Å². The fraction of sp³-hybridized carbons (Fsp3) is 0.556. The summed E-state index contributed by atoms with van der Waals surface area (Å²) in [6.45, 7) is 7.53. The van der Waals surface area contributed by atoms with Crippen molar-refractivity contribution < 1.29 is 22.8 Å². The number of halogens is 3. The predicted molar refractivity (Wildman–Crippen MR) is 142 cm³/mol. The highest BCUT2D eigenvalue weighted by Crippen LogP contribution is 2.30. The van der Waals surface area contributed by atoms with Gasteiger partial charge in [-0.3, -0.25) is 20.0 Å². The van der Waals surface area contributed by atoms with Crippen molar-refractivity contribution in [3.8, 4) is 0 Å². The van der Waals surface area contributed by atoms with Gasteiger partial charge in [-0.05, 0) is 68.6 Å². The van der Waals surface area contributed by atoms with E-state index in [1.807, 2.05) is 17.9 Å².